The highest BCUT2D eigenvalue weighted by Gasteiger charge is 2.39. The number of hydrogen-bond donors (Lipinski definition) is 0. The summed E-state index contributed by atoms with van der Waals surface area (Å²) in [7, 11) is -3.85. The molecule has 7 nitrogen and oxygen atoms in total. The molecule has 1 aromatic heterocycles. The first kappa shape index (κ1) is 27.1. The normalized spacial score (nSPS) is 25.5. The third kappa shape index (κ3) is 7.52. The molecule has 0 amide bonds. The van der Waals surface area contributed by atoms with Crippen LogP contribution in [0.4, 0.5) is 19.1 Å². The van der Waals surface area contributed by atoms with Crippen molar-refractivity contribution < 1.29 is 26.3 Å². The lowest BCUT2D eigenvalue weighted by Gasteiger charge is -2.45. The number of sulfonamides is 1. The van der Waals surface area contributed by atoms with Crippen LogP contribution in [-0.4, -0.2) is 74.0 Å². The SMILES string of the molecule is O=S(=O)(CCC(F)(F)F)N1CCC(COCC2CCC2C2CCN(c3ncc(Br)cn3)CC2)CC1. The van der Waals surface area contributed by atoms with Crippen molar-refractivity contribution in [2.24, 2.45) is 23.7 Å². The first-order valence-electron chi connectivity index (χ1n) is 12.5. The molecule has 3 heterocycles. The molecule has 12 heteroatoms. The second-order valence-electron chi connectivity index (χ2n) is 10.1. The van der Waals surface area contributed by atoms with E-state index in [1.807, 2.05) is 0 Å². The van der Waals surface area contributed by atoms with Crippen LogP contribution in [0.5, 0.6) is 0 Å². The number of aromatic nitrogens is 2. The van der Waals surface area contributed by atoms with Crippen molar-refractivity contribution in [1.29, 1.82) is 0 Å². The Hall–Kier alpha value is -0.980. The molecule has 2 unspecified atom stereocenters. The Morgan fingerprint density at radius 1 is 0.971 bits per heavy atom. The summed E-state index contributed by atoms with van der Waals surface area (Å²) in [5.74, 6) is 2.17. The molecule has 0 spiro atoms. The number of halogens is 4. The van der Waals surface area contributed by atoms with Crippen molar-refractivity contribution in [3.63, 3.8) is 0 Å². The zero-order valence-electron chi connectivity index (χ0n) is 19.8. The van der Waals surface area contributed by atoms with Crippen LogP contribution in [0, 0.1) is 23.7 Å². The fraction of sp³-hybridized carbons (Fsp3) is 0.826. The summed E-state index contributed by atoms with van der Waals surface area (Å²) in [5, 5.41) is 0. The Balaban J connectivity index is 1.13. The van der Waals surface area contributed by atoms with Crippen LogP contribution in [0.25, 0.3) is 0 Å². The summed E-state index contributed by atoms with van der Waals surface area (Å²) >= 11 is 3.37. The number of piperidine rings is 2. The van der Waals surface area contributed by atoms with E-state index < -0.39 is 28.4 Å². The van der Waals surface area contributed by atoms with E-state index in [2.05, 4.69) is 30.8 Å². The minimum Gasteiger partial charge on any atom is -0.381 e. The van der Waals surface area contributed by atoms with Crippen LogP contribution in [0.2, 0.25) is 0 Å². The van der Waals surface area contributed by atoms with Gasteiger partial charge in [0, 0.05) is 51.8 Å². The van der Waals surface area contributed by atoms with Gasteiger partial charge in [-0.1, -0.05) is 0 Å². The summed E-state index contributed by atoms with van der Waals surface area (Å²) in [6, 6.07) is 0. The standard InChI is InChI=1S/C23H34BrF3N4O3S/c24-20-13-28-22(29-14-20)30-8-5-18(6-9-30)21-2-1-19(21)16-34-15-17-3-10-31(11-4-17)35(32,33)12-7-23(25,26)27/h13-14,17-19,21H,1-12,15-16H2. The fourth-order valence-corrected chi connectivity index (χ4v) is 7.25. The summed E-state index contributed by atoms with van der Waals surface area (Å²) < 4.78 is 69.7. The summed E-state index contributed by atoms with van der Waals surface area (Å²) in [6.07, 6.45) is 3.81. The maximum Gasteiger partial charge on any atom is 0.390 e. The number of nitrogens with zero attached hydrogens (tertiary/aromatic N) is 4. The van der Waals surface area contributed by atoms with E-state index in [0.29, 0.717) is 37.2 Å². The average molecular weight is 584 g/mol. The van der Waals surface area contributed by atoms with E-state index in [1.54, 1.807) is 12.4 Å². The molecule has 0 bridgehead atoms. The summed E-state index contributed by atoms with van der Waals surface area (Å²) in [5.41, 5.74) is 0. The maximum atomic E-state index is 12.4. The van der Waals surface area contributed by atoms with Gasteiger partial charge >= 0.3 is 6.18 Å². The predicted molar refractivity (Wildman–Crippen MR) is 130 cm³/mol. The molecule has 1 saturated carbocycles. The number of hydrogen-bond acceptors (Lipinski definition) is 6. The smallest absolute Gasteiger partial charge is 0.381 e. The van der Waals surface area contributed by atoms with Crippen molar-refractivity contribution in [2.45, 2.75) is 51.1 Å². The molecular weight excluding hydrogens is 549 g/mol. The zero-order chi connectivity index (χ0) is 25.1. The first-order chi connectivity index (χ1) is 16.6. The Bertz CT molecular complexity index is 919. The molecule has 3 fully saturated rings. The third-order valence-electron chi connectivity index (χ3n) is 7.81. The van der Waals surface area contributed by atoms with Gasteiger partial charge in [-0.25, -0.2) is 22.7 Å². The second kappa shape index (κ2) is 11.6. The number of rotatable bonds is 9. The zero-order valence-corrected chi connectivity index (χ0v) is 22.2. The van der Waals surface area contributed by atoms with Gasteiger partial charge in [0.1, 0.15) is 0 Å². The van der Waals surface area contributed by atoms with Crippen molar-refractivity contribution in [3.8, 4) is 0 Å². The highest BCUT2D eigenvalue weighted by atomic mass is 79.9. The van der Waals surface area contributed by atoms with Gasteiger partial charge < -0.3 is 9.64 Å². The van der Waals surface area contributed by atoms with Gasteiger partial charge in [-0.05, 0) is 78.1 Å². The van der Waals surface area contributed by atoms with E-state index in [1.165, 1.54) is 17.1 Å². The monoisotopic (exact) mass is 582 g/mol. The molecule has 1 aromatic rings. The molecule has 198 valence electrons. The van der Waals surface area contributed by atoms with E-state index in [4.69, 9.17) is 4.74 Å². The molecular formula is C23H34BrF3N4O3S. The van der Waals surface area contributed by atoms with Gasteiger partial charge in [-0.3, -0.25) is 0 Å². The number of alkyl halides is 3. The molecule has 2 saturated heterocycles. The fourth-order valence-electron chi connectivity index (χ4n) is 5.53. The van der Waals surface area contributed by atoms with E-state index in [0.717, 1.165) is 43.0 Å². The van der Waals surface area contributed by atoms with Crippen LogP contribution in [0.1, 0.15) is 44.9 Å². The van der Waals surface area contributed by atoms with Crippen molar-refractivity contribution in [2.75, 3.05) is 50.0 Å². The highest BCUT2D eigenvalue weighted by Crippen LogP contribution is 2.44. The maximum absolute atomic E-state index is 12.4. The second-order valence-corrected chi connectivity index (χ2v) is 13.1. The molecule has 3 aliphatic rings. The van der Waals surface area contributed by atoms with Crippen molar-refractivity contribution in [3.05, 3.63) is 16.9 Å². The quantitative estimate of drug-likeness (QED) is 0.427. The van der Waals surface area contributed by atoms with Crippen LogP contribution in [0.15, 0.2) is 16.9 Å². The third-order valence-corrected chi connectivity index (χ3v) is 10.1. The van der Waals surface area contributed by atoms with Crippen LogP contribution in [0.3, 0.4) is 0 Å². The topological polar surface area (TPSA) is 75.6 Å². The van der Waals surface area contributed by atoms with Crippen LogP contribution >= 0.6 is 15.9 Å². The van der Waals surface area contributed by atoms with Gasteiger partial charge in [0.25, 0.3) is 0 Å². The largest absolute Gasteiger partial charge is 0.390 e. The Morgan fingerprint density at radius 2 is 1.63 bits per heavy atom. The molecule has 1 aliphatic carbocycles. The molecule has 35 heavy (non-hydrogen) atoms. The van der Waals surface area contributed by atoms with Gasteiger partial charge in [0.2, 0.25) is 16.0 Å². The molecule has 0 N–H and O–H groups in total. The van der Waals surface area contributed by atoms with Gasteiger partial charge in [0.15, 0.2) is 0 Å². The predicted octanol–water partition coefficient (Wildman–Crippen LogP) is 4.49. The van der Waals surface area contributed by atoms with Crippen LogP contribution < -0.4 is 4.90 Å². The van der Waals surface area contributed by atoms with E-state index >= 15 is 0 Å². The molecule has 2 atom stereocenters. The molecule has 2 aliphatic heterocycles. The molecule has 4 rings (SSSR count). The summed E-state index contributed by atoms with van der Waals surface area (Å²) in [6.45, 7) is 3.84. The Kier molecular flexibility index (Phi) is 8.97. The van der Waals surface area contributed by atoms with Crippen LogP contribution in [-0.2, 0) is 14.8 Å². The van der Waals surface area contributed by atoms with E-state index in [9.17, 15) is 21.6 Å². The highest BCUT2D eigenvalue weighted by molar-refractivity contribution is 9.10. The molecule has 0 radical (unpaired) electrons. The van der Waals surface area contributed by atoms with E-state index in [-0.39, 0.29) is 19.0 Å². The van der Waals surface area contributed by atoms with Gasteiger partial charge in [0.05, 0.1) is 16.6 Å². The first-order valence-corrected chi connectivity index (χ1v) is 14.9. The Morgan fingerprint density at radius 3 is 2.20 bits per heavy atom. The number of anilines is 1. The van der Waals surface area contributed by atoms with Crippen molar-refractivity contribution in [1.82, 2.24) is 14.3 Å². The average Bonchev–Trinajstić information content (AvgIpc) is 2.81. The lowest BCUT2D eigenvalue weighted by Crippen LogP contribution is -2.43. The van der Waals surface area contributed by atoms with Gasteiger partial charge in [-0.15, -0.1) is 0 Å². The van der Waals surface area contributed by atoms with Crippen molar-refractivity contribution >= 4 is 31.9 Å². The minimum absolute atomic E-state index is 0.261. The summed E-state index contributed by atoms with van der Waals surface area (Å²) in [4.78, 5) is 11.1. The van der Waals surface area contributed by atoms with Gasteiger partial charge in [-0.2, -0.15) is 13.2 Å². The lowest BCUT2D eigenvalue weighted by molar-refractivity contribution is -0.130. The number of ether oxygens (including phenoxy) is 1. The molecule has 0 aromatic carbocycles. The Labute approximate surface area is 214 Å². The minimum atomic E-state index is -4.45. The lowest BCUT2D eigenvalue weighted by atomic mass is 9.65.